The molecule has 0 aromatic heterocycles. The van der Waals surface area contributed by atoms with Gasteiger partial charge in [0.05, 0.1) is 0 Å². The van der Waals surface area contributed by atoms with Gasteiger partial charge in [-0.15, -0.1) is 0 Å². The lowest BCUT2D eigenvalue weighted by atomic mass is 10.2. The fourth-order valence-electron chi connectivity index (χ4n) is 1.19. The lowest BCUT2D eigenvalue weighted by molar-refractivity contribution is -0.120. The standard InChI is InChI=1S/C10H22N2O2/c1-9(8-14-3)7-12-6-4-5-10(13)11-2/h9,12H,4-8H2,1-3H3,(H,11,13). The molecule has 4 nitrogen and oxygen atoms in total. The van der Waals surface area contributed by atoms with E-state index in [-0.39, 0.29) is 5.91 Å². The van der Waals surface area contributed by atoms with Gasteiger partial charge < -0.3 is 15.4 Å². The number of carbonyl (C=O) groups excluding carboxylic acids is 1. The SMILES string of the molecule is CNC(=O)CCCNCC(C)COC. The summed E-state index contributed by atoms with van der Waals surface area (Å²) >= 11 is 0. The average molecular weight is 202 g/mol. The minimum absolute atomic E-state index is 0.108. The highest BCUT2D eigenvalue weighted by atomic mass is 16.5. The fourth-order valence-corrected chi connectivity index (χ4v) is 1.19. The highest BCUT2D eigenvalue weighted by Gasteiger charge is 2.00. The minimum atomic E-state index is 0.108. The van der Waals surface area contributed by atoms with E-state index in [0.29, 0.717) is 12.3 Å². The van der Waals surface area contributed by atoms with Gasteiger partial charge in [0.25, 0.3) is 0 Å². The summed E-state index contributed by atoms with van der Waals surface area (Å²) in [5.74, 6) is 0.636. The summed E-state index contributed by atoms with van der Waals surface area (Å²) < 4.78 is 5.01. The van der Waals surface area contributed by atoms with E-state index in [1.54, 1.807) is 14.2 Å². The van der Waals surface area contributed by atoms with E-state index < -0.39 is 0 Å². The summed E-state index contributed by atoms with van der Waals surface area (Å²) in [7, 11) is 3.37. The molecule has 1 unspecified atom stereocenters. The molecule has 0 saturated carbocycles. The second kappa shape index (κ2) is 8.97. The van der Waals surface area contributed by atoms with E-state index in [2.05, 4.69) is 17.6 Å². The Kier molecular flexibility index (Phi) is 8.57. The first-order valence-corrected chi connectivity index (χ1v) is 5.11. The van der Waals surface area contributed by atoms with Crippen molar-refractivity contribution in [2.45, 2.75) is 19.8 Å². The maximum atomic E-state index is 10.9. The Labute approximate surface area is 86.4 Å². The molecule has 4 heteroatoms. The number of ether oxygens (including phenoxy) is 1. The fraction of sp³-hybridized carbons (Fsp3) is 0.900. The molecule has 0 aromatic rings. The lowest BCUT2D eigenvalue weighted by Gasteiger charge is -2.10. The van der Waals surface area contributed by atoms with Gasteiger partial charge in [-0.1, -0.05) is 6.92 Å². The van der Waals surface area contributed by atoms with E-state index in [1.165, 1.54) is 0 Å². The van der Waals surface area contributed by atoms with Gasteiger partial charge in [-0.2, -0.15) is 0 Å². The molecular formula is C10H22N2O2. The molecular weight excluding hydrogens is 180 g/mol. The highest BCUT2D eigenvalue weighted by molar-refractivity contribution is 5.75. The Balaban J connectivity index is 3.17. The average Bonchev–Trinajstić information content (AvgIpc) is 2.17. The summed E-state index contributed by atoms with van der Waals surface area (Å²) in [5, 5.41) is 5.89. The van der Waals surface area contributed by atoms with Crippen LogP contribution < -0.4 is 10.6 Å². The third-order valence-corrected chi connectivity index (χ3v) is 1.98. The lowest BCUT2D eigenvalue weighted by Crippen LogP contribution is -2.26. The number of hydrogen-bond donors (Lipinski definition) is 2. The van der Waals surface area contributed by atoms with Crippen LogP contribution in [-0.4, -0.2) is 39.8 Å². The van der Waals surface area contributed by atoms with Crippen molar-refractivity contribution < 1.29 is 9.53 Å². The molecule has 0 heterocycles. The van der Waals surface area contributed by atoms with Crippen molar-refractivity contribution in [2.75, 3.05) is 33.9 Å². The van der Waals surface area contributed by atoms with Crippen molar-refractivity contribution in [3.05, 3.63) is 0 Å². The number of amides is 1. The smallest absolute Gasteiger partial charge is 0.219 e. The van der Waals surface area contributed by atoms with E-state index in [0.717, 1.165) is 26.1 Å². The van der Waals surface area contributed by atoms with E-state index in [4.69, 9.17) is 4.74 Å². The highest BCUT2D eigenvalue weighted by Crippen LogP contribution is 1.93. The molecule has 84 valence electrons. The van der Waals surface area contributed by atoms with Crippen molar-refractivity contribution in [3.8, 4) is 0 Å². The first-order valence-electron chi connectivity index (χ1n) is 5.11. The zero-order chi connectivity index (χ0) is 10.8. The van der Waals surface area contributed by atoms with Crippen LogP contribution in [0.15, 0.2) is 0 Å². The summed E-state index contributed by atoms with van der Waals surface area (Å²) in [6.07, 6.45) is 1.49. The number of carbonyl (C=O) groups is 1. The summed E-state index contributed by atoms with van der Waals surface area (Å²) in [5.41, 5.74) is 0. The first-order chi connectivity index (χ1) is 6.70. The van der Waals surface area contributed by atoms with Gasteiger partial charge in [0, 0.05) is 27.2 Å². The van der Waals surface area contributed by atoms with E-state index >= 15 is 0 Å². The van der Waals surface area contributed by atoms with Crippen molar-refractivity contribution in [1.29, 1.82) is 0 Å². The van der Waals surface area contributed by atoms with Crippen LogP contribution in [0.1, 0.15) is 19.8 Å². The molecule has 0 rings (SSSR count). The number of hydrogen-bond acceptors (Lipinski definition) is 3. The molecule has 1 atom stereocenters. The summed E-state index contributed by atoms with van der Waals surface area (Å²) in [6.45, 7) is 4.75. The Morgan fingerprint density at radius 2 is 2.21 bits per heavy atom. The molecule has 0 fully saturated rings. The predicted octanol–water partition coefficient (Wildman–Crippen LogP) is 0.385. The third-order valence-electron chi connectivity index (χ3n) is 1.98. The van der Waals surface area contributed by atoms with Crippen LogP contribution in [0.5, 0.6) is 0 Å². The molecule has 0 radical (unpaired) electrons. The molecule has 0 spiro atoms. The number of rotatable bonds is 8. The van der Waals surface area contributed by atoms with Gasteiger partial charge in [-0.25, -0.2) is 0 Å². The molecule has 0 saturated heterocycles. The van der Waals surface area contributed by atoms with Crippen LogP contribution in [0.3, 0.4) is 0 Å². The molecule has 0 aliphatic heterocycles. The summed E-state index contributed by atoms with van der Waals surface area (Å²) in [6, 6.07) is 0. The zero-order valence-corrected chi connectivity index (χ0v) is 9.43. The molecule has 0 bridgehead atoms. The topological polar surface area (TPSA) is 50.4 Å². The maximum absolute atomic E-state index is 10.9. The largest absolute Gasteiger partial charge is 0.384 e. The van der Waals surface area contributed by atoms with Gasteiger partial charge in [-0.05, 0) is 25.4 Å². The molecule has 14 heavy (non-hydrogen) atoms. The van der Waals surface area contributed by atoms with E-state index in [1.807, 2.05) is 0 Å². The number of nitrogens with one attached hydrogen (secondary N) is 2. The van der Waals surface area contributed by atoms with Crippen molar-refractivity contribution in [2.24, 2.45) is 5.92 Å². The van der Waals surface area contributed by atoms with Gasteiger partial charge in [0.1, 0.15) is 0 Å². The second-order valence-electron chi connectivity index (χ2n) is 3.54. The quantitative estimate of drug-likeness (QED) is 0.560. The van der Waals surface area contributed by atoms with Crippen molar-refractivity contribution in [1.82, 2.24) is 10.6 Å². The first kappa shape index (κ1) is 13.4. The predicted molar refractivity (Wildman–Crippen MR) is 57.2 cm³/mol. The second-order valence-corrected chi connectivity index (χ2v) is 3.54. The van der Waals surface area contributed by atoms with Gasteiger partial charge in [0.2, 0.25) is 5.91 Å². The van der Waals surface area contributed by atoms with Gasteiger partial charge in [-0.3, -0.25) is 4.79 Å². The van der Waals surface area contributed by atoms with Gasteiger partial charge in [0.15, 0.2) is 0 Å². The summed E-state index contributed by atoms with van der Waals surface area (Å²) in [4.78, 5) is 10.9. The van der Waals surface area contributed by atoms with E-state index in [9.17, 15) is 4.79 Å². The zero-order valence-electron chi connectivity index (χ0n) is 9.43. The molecule has 2 N–H and O–H groups in total. The Morgan fingerprint density at radius 3 is 2.79 bits per heavy atom. The van der Waals surface area contributed by atoms with Crippen LogP contribution in [-0.2, 0) is 9.53 Å². The van der Waals surface area contributed by atoms with Crippen LogP contribution in [0.4, 0.5) is 0 Å². The third kappa shape index (κ3) is 8.01. The Bertz CT molecular complexity index is 151. The monoisotopic (exact) mass is 202 g/mol. The minimum Gasteiger partial charge on any atom is -0.384 e. The molecule has 0 aromatic carbocycles. The Hall–Kier alpha value is -0.610. The maximum Gasteiger partial charge on any atom is 0.219 e. The molecule has 0 aliphatic carbocycles. The molecule has 0 aliphatic rings. The van der Waals surface area contributed by atoms with Crippen LogP contribution >= 0.6 is 0 Å². The van der Waals surface area contributed by atoms with Crippen molar-refractivity contribution in [3.63, 3.8) is 0 Å². The van der Waals surface area contributed by atoms with Gasteiger partial charge >= 0.3 is 0 Å². The number of methoxy groups -OCH3 is 1. The Morgan fingerprint density at radius 1 is 1.50 bits per heavy atom. The van der Waals surface area contributed by atoms with Crippen LogP contribution in [0.25, 0.3) is 0 Å². The van der Waals surface area contributed by atoms with Crippen molar-refractivity contribution >= 4 is 5.91 Å². The molecule has 1 amide bonds. The van der Waals surface area contributed by atoms with Crippen LogP contribution in [0.2, 0.25) is 0 Å². The normalized spacial score (nSPS) is 12.5. The van der Waals surface area contributed by atoms with Crippen LogP contribution in [0, 0.1) is 5.92 Å².